The summed E-state index contributed by atoms with van der Waals surface area (Å²) in [5.41, 5.74) is 0.952. The highest BCUT2D eigenvalue weighted by molar-refractivity contribution is 6.28. The Morgan fingerprint density at radius 1 is 1.33 bits per heavy atom. The van der Waals surface area contributed by atoms with E-state index in [-0.39, 0.29) is 28.6 Å². The van der Waals surface area contributed by atoms with Crippen molar-refractivity contribution in [2.75, 3.05) is 20.2 Å². The third-order valence-electron chi connectivity index (χ3n) is 4.64. The summed E-state index contributed by atoms with van der Waals surface area (Å²) in [6, 6.07) is 3.37. The first-order chi connectivity index (χ1) is 13.1. The molecule has 0 spiro atoms. The number of hydrogen-bond donors (Lipinski definition) is 0. The second-order valence-corrected chi connectivity index (χ2v) is 6.54. The number of aromatic nitrogens is 5. The Hall–Kier alpha value is -2.81. The summed E-state index contributed by atoms with van der Waals surface area (Å²) < 4.78 is 21.1. The molecule has 10 heteroatoms. The standard InChI is InChI=1S/C17H16ClFN6O2/c1-27-15-13-12(21-17(18)22-15)14(19)23-25(13)11-4-7-24(8-5-11)16(26)10-3-2-6-20-9-10/h2-3,6,9,11H,4-5,7-8H2,1H3. The fourth-order valence-corrected chi connectivity index (χ4v) is 3.50. The molecule has 0 unspecified atom stereocenters. The number of carbonyl (C=O) groups excluding carboxylic acids is 1. The lowest BCUT2D eigenvalue weighted by Crippen LogP contribution is -2.39. The lowest BCUT2D eigenvalue weighted by Gasteiger charge is -2.32. The number of ether oxygens (including phenoxy) is 1. The van der Waals surface area contributed by atoms with Gasteiger partial charge in [0.25, 0.3) is 11.9 Å². The van der Waals surface area contributed by atoms with Crippen LogP contribution >= 0.6 is 11.6 Å². The van der Waals surface area contributed by atoms with Crippen molar-refractivity contribution in [1.29, 1.82) is 0 Å². The number of halogens is 2. The van der Waals surface area contributed by atoms with Crippen LogP contribution in [0.25, 0.3) is 11.0 Å². The van der Waals surface area contributed by atoms with E-state index in [0.29, 0.717) is 37.0 Å². The molecule has 140 valence electrons. The lowest BCUT2D eigenvalue weighted by atomic mass is 10.0. The van der Waals surface area contributed by atoms with E-state index in [1.54, 1.807) is 34.1 Å². The number of hydrogen-bond acceptors (Lipinski definition) is 6. The Kier molecular flexibility index (Phi) is 4.61. The molecule has 0 bridgehead atoms. The van der Waals surface area contributed by atoms with Crippen LogP contribution in [0.15, 0.2) is 24.5 Å². The van der Waals surface area contributed by atoms with Crippen molar-refractivity contribution in [3.63, 3.8) is 0 Å². The van der Waals surface area contributed by atoms with Gasteiger partial charge in [0.1, 0.15) is 0 Å². The van der Waals surface area contributed by atoms with E-state index in [4.69, 9.17) is 16.3 Å². The van der Waals surface area contributed by atoms with Crippen LogP contribution in [0.4, 0.5) is 4.39 Å². The first-order valence-electron chi connectivity index (χ1n) is 8.43. The third kappa shape index (κ3) is 3.18. The molecule has 3 aromatic heterocycles. The summed E-state index contributed by atoms with van der Waals surface area (Å²) >= 11 is 5.83. The van der Waals surface area contributed by atoms with Gasteiger partial charge in [-0.2, -0.15) is 9.37 Å². The second-order valence-electron chi connectivity index (χ2n) is 6.20. The number of rotatable bonds is 3. The van der Waals surface area contributed by atoms with Crippen molar-refractivity contribution in [3.05, 3.63) is 41.3 Å². The van der Waals surface area contributed by atoms with Gasteiger partial charge in [0.15, 0.2) is 11.0 Å². The minimum Gasteiger partial charge on any atom is -0.479 e. The van der Waals surface area contributed by atoms with Crippen molar-refractivity contribution in [1.82, 2.24) is 29.6 Å². The van der Waals surface area contributed by atoms with E-state index in [9.17, 15) is 9.18 Å². The molecule has 8 nitrogen and oxygen atoms in total. The molecule has 4 rings (SSSR count). The van der Waals surface area contributed by atoms with Gasteiger partial charge in [-0.15, -0.1) is 5.10 Å². The molecule has 0 saturated carbocycles. The van der Waals surface area contributed by atoms with E-state index < -0.39 is 5.95 Å². The van der Waals surface area contributed by atoms with E-state index in [2.05, 4.69) is 20.1 Å². The van der Waals surface area contributed by atoms with Crippen molar-refractivity contribution < 1.29 is 13.9 Å². The topological polar surface area (TPSA) is 86.0 Å². The Balaban J connectivity index is 1.58. The molecule has 0 aliphatic carbocycles. The number of fused-ring (bicyclic) bond motifs is 1. The summed E-state index contributed by atoms with van der Waals surface area (Å²) in [4.78, 5) is 26.2. The molecular weight excluding hydrogens is 375 g/mol. The largest absolute Gasteiger partial charge is 0.479 e. The van der Waals surface area contributed by atoms with Gasteiger partial charge in [0, 0.05) is 25.5 Å². The van der Waals surface area contributed by atoms with E-state index in [1.165, 1.54) is 7.11 Å². The van der Waals surface area contributed by atoms with E-state index >= 15 is 0 Å². The fourth-order valence-electron chi connectivity index (χ4n) is 3.34. The van der Waals surface area contributed by atoms with Gasteiger partial charge in [0.2, 0.25) is 11.2 Å². The zero-order chi connectivity index (χ0) is 19.0. The molecular formula is C17H16ClFN6O2. The number of piperidine rings is 1. The fraction of sp³-hybridized carbons (Fsp3) is 0.353. The van der Waals surface area contributed by atoms with Gasteiger partial charge < -0.3 is 9.64 Å². The summed E-state index contributed by atoms with van der Waals surface area (Å²) in [7, 11) is 1.43. The lowest BCUT2D eigenvalue weighted by molar-refractivity contribution is 0.0690. The summed E-state index contributed by atoms with van der Waals surface area (Å²) in [5, 5.41) is 3.88. The molecule has 1 saturated heterocycles. The van der Waals surface area contributed by atoms with Gasteiger partial charge in [-0.05, 0) is 36.6 Å². The molecule has 1 fully saturated rings. The number of pyridine rings is 1. The summed E-state index contributed by atoms with van der Waals surface area (Å²) in [6.07, 6.45) is 4.42. The molecule has 27 heavy (non-hydrogen) atoms. The molecule has 4 heterocycles. The van der Waals surface area contributed by atoms with Crippen LogP contribution in [-0.2, 0) is 0 Å². The average Bonchev–Trinajstić information content (AvgIpc) is 3.04. The molecule has 0 atom stereocenters. The van der Waals surface area contributed by atoms with Crippen LogP contribution < -0.4 is 4.74 Å². The maximum absolute atomic E-state index is 14.3. The summed E-state index contributed by atoms with van der Waals surface area (Å²) in [6.45, 7) is 1.05. The number of methoxy groups -OCH3 is 1. The Labute approximate surface area is 158 Å². The normalized spacial score (nSPS) is 15.3. The first-order valence-corrected chi connectivity index (χ1v) is 8.81. The predicted molar refractivity (Wildman–Crippen MR) is 95.3 cm³/mol. The predicted octanol–water partition coefficient (Wildman–Crippen LogP) is 2.50. The van der Waals surface area contributed by atoms with Crippen molar-refractivity contribution in [2.24, 2.45) is 0 Å². The Morgan fingerprint density at radius 3 is 2.78 bits per heavy atom. The van der Waals surface area contributed by atoms with Gasteiger partial charge in [-0.25, -0.2) is 4.98 Å². The maximum Gasteiger partial charge on any atom is 0.259 e. The molecule has 0 N–H and O–H groups in total. The molecule has 1 amide bonds. The SMILES string of the molecule is COc1nc(Cl)nc2c(F)nn(C3CCN(C(=O)c4cccnc4)CC3)c12. The zero-order valence-electron chi connectivity index (χ0n) is 14.5. The van der Waals surface area contributed by atoms with Gasteiger partial charge in [-0.1, -0.05) is 0 Å². The Bertz CT molecular complexity index is 988. The van der Waals surface area contributed by atoms with Crippen LogP contribution in [0.3, 0.4) is 0 Å². The highest BCUT2D eigenvalue weighted by Crippen LogP contribution is 2.32. The van der Waals surface area contributed by atoms with Gasteiger partial charge >= 0.3 is 0 Å². The van der Waals surface area contributed by atoms with Crippen LogP contribution in [0.2, 0.25) is 5.28 Å². The highest BCUT2D eigenvalue weighted by Gasteiger charge is 2.29. The third-order valence-corrected chi connectivity index (χ3v) is 4.81. The summed E-state index contributed by atoms with van der Waals surface area (Å²) in [5.74, 6) is -0.609. The smallest absolute Gasteiger partial charge is 0.259 e. The van der Waals surface area contributed by atoms with Crippen LogP contribution in [-0.4, -0.2) is 55.7 Å². The second kappa shape index (κ2) is 7.07. The monoisotopic (exact) mass is 390 g/mol. The van der Waals surface area contributed by atoms with Crippen molar-refractivity contribution in [2.45, 2.75) is 18.9 Å². The average molecular weight is 391 g/mol. The van der Waals surface area contributed by atoms with E-state index in [0.717, 1.165) is 0 Å². The number of nitrogens with zero attached hydrogens (tertiary/aromatic N) is 6. The van der Waals surface area contributed by atoms with Crippen molar-refractivity contribution >= 4 is 28.5 Å². The molecule has 1 aliphatic heterocycles. The van der Waals surface area contributed by atoms with Crippen LogP contribution in [0.1, 0.15) is 29.2 Å². The van der Waals surface area contributed by atoms with E-state index in [1.807, 2.05) is 0 Å². The van der Waals surface area contributed by atoms with Gasteiger partial charge in [-0.3, -0.25) is 14.5 Å². The zero-order valence-corrected chi connectivity index (χ0v) is 15.2. The minimum absolute atomic E-state index is 0.0284. The molecule has 3 aromatic rings. The minimum atomic E-state index is -0.721. The first kappa shape index (κ1) is 17.6. The number of carbonyl (C=O) groups is 1. The van der Waals surface area contributed by atoms with Crippen molar-refractivity contribution in [3.8, 4) is 5.88 Å². The molecule has 0 aromatic carbocycles. The number of likely N-dealkylation sites (tertiary alicyclic amines) is 1. The number of amides is 1. The van der Waals surface area contributed by atoms with Crippen LogP contribution in [0.5, 0.6) is 5.88 Å². The highest BCUT2D eigenvalue weighted by atomic mass is 35.5. The maximum atomic E-state index is 14.3. The molecule has 1 aliphatic rings. The quantitative estimate of drug-likeness (QED) is 0.639. The van der Waals surface area contributed by atoms with Gasteiger partial charge in [0.05, 0.1) is 18.7 Å². The molecule has 0 radical (unpaired) electrons. The Morgan fingerprint density at radius 2 is 2.11 bits per heavy atom. The van der Waals surface area contributed by atoms with Crippen LogP contribution in [0, 0.1) is 5.95 Å².